The minimum atomic E-state index is -3.85. The van der Waals surface area contributed by atoms with Crippen molar-refractivity contribution in [2.75, 3.05) is 0 Å². The van der Waals surface area contributed by atoms with E-state index in [0.717, 1.165) is 6.07 Å². The molecule has 1 rings (SSSR count). The first-order chi connectivity index (χ1) is 5.91. The van der Waals surface area contributed by atoms with Gasteiger partial charge in [-0.2, -0.15) is 0 Å². The van der Waals surface area contributed by atoms with Gasteiger partial charge in [0.25, 0.3) is 0 Å². The maximum atomic E-state index is 10.8. The smallest absolute Gasteiger partial charge is 0.545 e. The predicted octanol–water partition coefficient (Wildman–Crippen LogP) is -4.30. The Morgan fingerprint density at radius 3 is 2.36 bits per heavy atom. The molecule has 0 radical (unpaired) electrons. The van der Waals surface area contributed by atoms with Crippen LogP contribution in [0.15, 0.2) is 29.2 Å². The first-order valence-electron chi connectivity index (χ1n) is 3.25. The van der Waals surface area contributed by atoms with E-state index in [4.69, 9.17) is 5.14 Å². The third-order valence-electron chi connectivity index (χ3n) is 1.40. The summed E-state index contributed by atoms with van der Waals surface area (Å²) >= 11 is 0. The third kappa shape index (κ3) is 3.39. The number of carbonyl (C=O) groups is 1. The molecule has 0 aliphatic heterocycles. The van der Waals surface area contributed by atoms with Gasteiger partial charge >= 0.3 is 29.6 Å². The molecule has 0 aliphatic rings. The van der Waals surface area contributed by atoms with E-state index in [-0.39, 0.29) is 40.0 Å². The molecule has 70 valence electrons. The summed E-state index contributed by atoms with van der Waals surface area (Å²) in [4.78, 5) is 10.1. The Hall–Kier alpha value is -0.400. The van der Waals surface area contributed by atoms with Crippen molar-refractivity contribution in [2.45, 2.75) is 4.90 Å². The fraction of sp³-hybridized carbons (Fsp3) is 0. The van der Waals surface area contributed by atoms with Crippen molar-refractivity contribution in [2.24, 2.45) is 5.14 Å². The van der Waals surface area contributed by atoms with E-state index in [9.17, 15) is 18.3 Å². The number of carboxylic acids is 1. The monoisotopic (exact) mass is 223 g/mol. The number of primary sulfonamides is 1. The Morgan fingerprint density at radius 1 is 1.36 bits per heavy atom. The fourth-order valence-corrected chi connectivity index (χ4v) is 1.36. The molecule has 0 fully saturated rings. The van der Waals surface area contributed by atoms with Gasteiger partial charge in [0, 0.05) is 0 Å². The van der Waals surface area contributed by atoms with Crippen LogP contribution in [0.5, 0.6) is 0 Å². The molecule has 0 unspecified atom stereocenters. The van der Waals surface area contributed by atoms with Crippen LogP contribution in [0.2, 0.25) is 0 Å². The van der Waals surface area contributed by atoms with Gasteiger partial charge in [-0.25, -0.2) is 13.6 Å². The summed E-state index contributed by atoms with van der Waals surface area (Å²) in [5.41, 5.74) is -0.216. The molecular formula is C7H6NNaO4S. The maximum Gasteiger partial charge on any atom is 1.00 e. The van der Waals surface area contributed by atoms with Gasteiger partial charge in [0.15, 0.2) is 0 Å². The minimum absolute atomic E-state index is 0. The summed E-state index contributed by atoms with van der Waals surface area (Å²) < 4.78 is 21.5. The fourth-order valence-electron chi connectivity index (χ4n) is 0.800. The van der Waals surface area contributed by atoms with E-state index >= 15 is 0 Å². The van der Waals surface area contributed by atoms with Crippen molar-refractivity contribution in [3.63, 3.8) is 0 Å². The molecule has 14 heavy (non-hydrogen) atoms. The molecule has 0 atom stereocenters. The van der Waals surface area contributed by atoms with Gasteiger partial charge in [-0.3, -0.25) is 0 Å². The van der Waals surface area contributed by atoms with Crippen LogP contribution in [0.1, 0.15) is 10.4 Å². The first kappa shape index (κ1) is 13.6. The number of carbonyl (C=O) groups excluding carboxylic acids is 1. The van der Waals surface area contributed by atoms with Crippen molar-refractivity contribution in [3.05, 3.63) is 29.8 Å². The van der Waals surface area contributed by atoms with Gasteiger partial charge in [-0.1, -0.05) is 12.1 Å². The second kappa shape index (κ2) is 4.90. The zero-order chi connectivity index (χ0) is 10.1. The molecule has 0 aromatic heterocycles. The summed E-state index contributed by atoms with van der Waals surface area (Å²) in [5.74, 6) is -1.44. The van der Waals surface area contributed by atoms with Gasteiger partial charge in [-0.15, -0.1) is 0 Å². The molecule has 0 saturated carbocycles. The Kier molecular flexibility index (Phi) is 4.76. The van der Waals surface area contributed by atoms with E-state index in [1.54, 1.807) is 0 Å². The van der Waals surface area contributed by atoms with Gasteiger partial charge in [-0.05, 0) is 17.7 Å². The second-order valence-electron chi connectivity index (χ2n) is 2.36. The summed E-state index contributed by atoms with van der Waals surface area (Å²) in [6, 6.07) is 4.67. The van der Waals surface area contributed by atoms with Crippen molar-refractivity contribution in [3.8, 4) is 0 Å². The van der Waals surface area contributed by atoms with Crippen LogP contribution in [0, 0.1) is 0 Å². The number of aromatic carboxylic acids is 1. The van der Waals surface area contributed by atoms with Crippen LogP contribution < -0.4 is 39.8 Å². The molecule has 0 bridgehead atoms. The van der Waals surface area contributed by atoms with E-state index < -0.39 is 16.0 Å². The maximum absolute atomic E-state index is 10.8. The third-order valence-corrected chi connectivity index (χ3v) is 2.31. The van der Waals surface area contributed by atoms with Gasteiger partial charge in [0.2, 0.25) is 10.0 Å². The normalized spacial score (nSPS) is 10.4. The first-order valence-corrected chi connectivity index (χ1v) is 4.80. The quantitative estimate of drug-likeness (QED) is 0.512. The van der Waals surface area contributed by atoms with Gasteiger partial charge in [0.1, 0.15) is 0 Å². The van der Waals surface area contributed by atoms with E-state index in [1.807, 2.05) is 0 Å². The van der Waals surface area contributed by atoms with Crippen molar-refractivity contribution < 1.29 is 47.9 Å². The topological polar surface area (TPSA) is 100 Å². The molecule has 0 saturated heterocycles. The van der Waals surface area contributed by atoms with E-state index in [2.05, 4.69) is 0 Å². The largest absolute Gasteiger partial charge is 1.00 e. The van der Waals surface area contributed by atoms with Crippen LogP contribution in [0.25, 0.3) is 0 Å². The number of sulfonamides is 1. The minimum Gasteiger partial charge on any atom is -0.545 e. The second-order valence-corrected chi connectivity index (χ2v) is 3.92. The molecule has 2 N–H and O–H groups in total. The molecule has 7 heteroatoms. The number of nitrogens with two attached hydrogens (primary N) is 1. The Bertz CT molecular complexity index is 443. The zero-order valence-corrected chi connectivity index (χ0v) is 10.2. The summed E-state index contributed by atoms with van der Waals surface area (Å²) in [7, 11) is -3.85. The van der Waals surface area contributed by atoms with Crippen LogP contribution in [0.3, 0.4) is 0 Å². The van der Waals surface area contributed by atoms with Gasteiger partial charge < -0.3 is 9.90 Å². The number of rotatable bonds is 2. The van der Waals surface area contributed by atoms with Crippen LogP contribution in [0.4, 0.5) is 0 Å². The number of carboxylic acid groups (broad SMARTS) is 1. The van der Waals surface area contributed by atoms with Crippen LogP contribution in [-0.4, -0.2) is 14.4 Å². The molecular weight excluding hydrogens is 217 g/mol. The number of benzene rings is 1. The molecule has 0 heterocycles. The predicted molar refractivity (Wildman–Crippen MR) is 42.1 cm³/mol. The SMILES string of the molecule is NS(=O)(=O)c1cccc(C(=O)[O-])c1.[Na+]. The molecule has 1 aromatic rings. The van der Waals surface area contributed by atoms with Gasteiger partial charge in [0.05, 0.1) is 10.9 Å². The van der Waals surface area contributed by atoms with Crippen molar-refractivity contribution in [1.82, 2.24) is 0 Å². The molecule has 0 amide bonds. The Labute approximate surface area is 103 Å². The standard InChI is InChI=1S/C7H7NO4S.Na/c8-13(11,12)6-3-1-2-5(4-6)7(9)10;/h1-4H,(H,9,10)(H2,8,11,12);/q;+1/p-1. The van der Waals surface area contributed by atoms with E-state index in [0.29, 0.717) is 0 Å². The van der Waals surface area contributed by atoms with E-state index in [1.165, 1.54) is 18.2 Å². The summed E-state index contributed by atoms with van der Waals surface area (Å²) in [6.07, 6.45) is 0. The average Bonchev–Trinajstić information content (AvgIpc) is 2.03. The zero-order valence-electron chi connectivity index (χ0n) is 7.43. The number of hydrogen-bond acceptors (Lipinski definition) is 4. The molecule has 1 aromatic carbocycles. The Balaban J connectivity index is 0.00000169. The average molecular weight is 223 g/mol. The van der Waals surface area contributed by atoms with Crippen LogP contribution in [-0.2, 0) is 10.0 Å². The molecule has 0 aliphatic carbocycles. The molecule has 0 spiro atoms. The van der Waals surface area contributed by atoms with Crippen molar-refractivity contribution >= 4 is 16.0 Å². The number of hydrogen-bond donors (Lipinski definition) is 1. The van der Waals surface area contributed by atoms with Crippen LogP contribution >= 0.6 is 0 Å². The summed E-state index contributed by atoms with van der Waals surface area (Å²) in [6.45, 7) is 0. The summed E-state index contributed by atoms with van der Waals surface area (Å²) in [5, 5.41) is 15.1. The molecule has 5 nitrogen and oxygen atoms in total. The Morgan fingerprint density at radius 2 is 1.93 bits per heavy atom. The van der Waals surface area contributed by atoms with Crippen molar-refractivity contribution in [1.29, 1.82) is 0 Å².